The van der Waals surface area contributed by atoms with Crippen molar-refractivity contribution >= 4 is 34.2 Å². The van der Waals surface area contributed by atoms with E-state index in [1.54, 1.807) is 6.20 Å². The lowest BCUT2D eigenvalue weighted by Gasteiger charge is -2.07. The Labute approximate surface area is 162 Å². The summed E-state index contributed by atoms with van der Waals surface area (Å²) in [6, 6.07) is 16.2. The van der Waals surface area contributed by atoms with E-state index >= 15 is 0 Å². The van der Waals surface area contributed by atoms with E-state index in [1.165, 1.54) is 16.9 Å². The van der Waals surface area contributed by atoms with Crippen molar-refractivity contribution in [3.05, 3.63) is 75.2 Å². The number of halogens is 1. The molecule has 0 amide bonds. The van der Waals surface area contributed by atoms with Crippen molar-refractivity contribution in [2.75, 3.05) is 5.32 Å². The number of nitrogens with zero attached hydrogens (tertiary/aromatic N) is 2. The third-order valence-electron chi connectivity index (χ3n) is 4.15. The molecule has 0 fully saturated rings. The lowest BCUT2D eigenvalue weighted by Crippen LogP contribution is -1.94. The second kappa shape index (κ2) is 8.18. The van der Waals surface area contributed by atoms with Crippen LogP contribution in [0.15, 0.2) is 54.0 Å². The number of anilines is 1. The fourth-order valence-electron chi connectivity index (χ4n) is 2.50. The van der Waals surface area contributed by atoms with Gasteiger partial charge in [0, 0.05) is 27.9 Å². The molecule has 0 spiro atoms. The van der Waals surface area contributed by atoms with Gasteiger partial charge in [0.25, 0.3) is 0 Å². The number of allylic oxidation sites excluding steroid dienone is 1. The van der Waals surface area contributed by atoms with E-state index in [0.717, 1.165) is 28.9 Å². The average Bonchev–Trinajstić information content (AvgIpc) is 3.15. The minimum Gasteiger partial charge on any atom is -0.360 e. The summed E-state index contributed by atoms with van der Waals surface area (Å²) in [7, 11) is 0. The van der Waals surface area contributed by atoms with E-state index in [2.05, 4.69) is 47.6 Å². The predicted octanol–water partition coefficient (Wildman–Crippen LogP) is 6.31. The molecule has 0 atom stereocenters. The van der Waals surface area contributed by atoms with Gasteiger partial charge in [0.2, 0.25) is 0 Å². The zero-order valence-corrected chi connectivity index (χ0v) is 16.2. The van der Waals surface area contributed by atoms with Gasteiger partial charge in [-0.1, -0.05) is 48.9 Å². The smallest absolute Gasteiger partial charge is 0.136 e. The van der Waals surface area contributed by atoms with Gasteiger partial charge in [0.15, 0.2) is 0 Å². The standard InChI is InChI=1S/C21H18ClN3S/c1-3-15-7-9-16(10-8-15)20-13-26-21(25-20)17(11-23)12-24-19-6-4-5-18(22)14(19)2/h4-10,12-13,24H,3H2,1-2H3. The molecule has 3 aromatic rings. The molecule has 130 valence electrons. The average molecular weight is 380 g/mol. The van der Waals surface area contributed by atoms with Gasteiger partial charge in [-0.15, -0.1) is 11.3 Å². The molecule has 0 aliphatic heterocycles. The summed E-state index contributed by atoms with van der Waals surface area (Å²) in [4.78, 5) is 4.62. The van der Waals surface area contributed by atoms with E-state index in [4.69, 9.17) is 11.6 Å². The van der Waals surface area contributed by atoms with Gasteiger partial charge in [-0.2, -0.15) is 5.26 Å². The van der Waals surface area contributed by atoms with Gasteiger partial charge in [-0.3, -0.25) is 0 Å². The Kier molecular flexibility index (Phi) is 5.72. The van der Waals surface area contributed by atoms with Crippen LogP contribution in [-0.4, -0.2) is 4.98 Å². The first-order valence-corrected chi connectivity index (χ1v) is 9.55. The second-order valence-corrected chi connectivity index (χ2v) is 7.08. The van der Waals surface area contributed by atoms with E-state index in [1.807, 2.05) is 30.5 Å². The minimum absolute atomic E-state index is 0.491. The molecular weight excluding hydrogens is 362 g/mol. The summed E-state index contributed by atoms with van der Waals surface area (Å²) in [5.41, 5.74) is 5.54. The van der Waals surface area contributed by atoms with Crippen molar-refractivity contribution < 1.29 is 0 Å². The van der Waals surface area contributed by atoms with Crippen LogP contribution in [0.5, 0.6) is 0 Å². The Balaban J connectivity index is 1.83. The highest BCUT2D eigenvalue weighted by atomic mass is 35.5. The summed E-state index contributed by atoms with van der Waals surface area (Å²) in [6.45, 7) is 4.07. The second-order valence-electron chi connectivity index (χ2n) is 5.81. The Morgan fingerprint density at radius 2 is 2.04 bits per heavy atom. The normalized spacial score (nSPS) is 11.2. The highest BCUT2D eigenvalue weighted by Gasteiger charge is 2.09. The minimum atomic E-state index is 0.491. The van der Waals surface area contributed by atoms with Crippen molar-refractivity contribution in [2.24, 2.45) is 0 Å². The van der Waals surface area contributed by atoms with Crippen molar-refractivity contribution in [1.29, 1.82) is 5.26 Å². The Bertz CT molecular complexity index is 981. The molecule has 0 bridgehead atoms. The van der Waals surface area contributed by atoms with Crippen LogP contribution in [0.3, 0.4) is 0 Å². The van der Waals surface area contributed by atoms with E-state index in [-0.39, 0.29) is 0 Å². The quantitative estimate of drug-likeness (QED) is 0.528. The van der Waals surface area contributed by atoms with Crippen molar-refractivity contribution in [2.45, 2.75) is 20.3 Å². The fourth-order valence-corrected chi connectivity index (χ4v) is 3.47. The van der Waals surface area contributed by atoms with E-state index in [0.29, 0.717) is 15.6 Å². The molecule has 3 rings (SSSR count). The number of aromatic nitrogens is 1. The van der Waals surface area contributed by atoms with Crippen LogP contribution in [-0.2, 0) is 6.42 Å². The Morgan fingerprint density at radius 1 is 1.27 bits per heavy atom. The molecular formula is C21H18ClN3S. The molecule has 5 heteroatoms. The van der Waals surface area contributed by atoms with Gasteiger partial charge >= 0.3 is 0 Å². The topological polar surface area (TPSA) is 48.7 Å². The number of thiazole rings is 1. The van der Waals surface area contributed by atoms with E-state index in [9.17, 15) is 5.26 Å². The van der Waals surface area contributed by atoms with Gasteiger partial charge in [-0.05, 0) is 36.6 Å². The number of aryl methyl sites for hydroxylation is 1. The van der Waals surface area contributed by atoms with Crippen LogP contribution < -0.4 is 5.32 Å². The summed E-state index contributed by atoms with van der Waals surface area (Å²) >= 11 is 7.60. The van der Waals surface area contributed by atoms with Crippen LogP contribution in [0.4, 0.5) is 5.69 Å². The highest BCUT2D eigenvalue weighted by Crippen LogP contribution is 2.27. The number of benzene rings is 2. The van der Waals surface area contributed by atoms with Gasteiger partial charge in [0.1, 0.15) is 16.6 Å². The number of nitrogens with one attached hydrogen (secondary N) is 1. The van der Waals surface area contributed by atoms with E-state index < -0.39 is 0 Å². The number of nitriles is 1. The molecule has 0 aliphatic carbocycles. The zero-order chi connectivity index (χ0) is 18.5. The number of hydrogen-bond donors (Lipinski definition) is 1. The van der Waals surface area contributed by atoms with Crippen LogP contribution in [0.25, 0.3) is 16.8 Å². The molecule has 0 saturated carbocycles. The molecule has 1 aromatic heterocycles. The summed E-state index contributed by atoms with van der Waals surface area (Å²) in [6.07, 6.45) is 2.69. The highest BCUT2D eigenvalue weighted by molar-refractivity contribution is 7.11. The SMILES string of the molecule is CCc1ccc(-c2csc(C(C#N)=CNc3cccc(Cl)c3C)n2)cc1. The van der Waals surface area contributed by atoms with Crippen molar-refractivity contribution in [3.63, 3.8) is 0 Å². The third kappa shape index (κ3) is 3.96. The Morgan fingerprint density at radius 3 is 2.73 bits per heavy atom. The maximum atomic E-state index is 9.51. The maximum Gasteiger partial charge on any atom is 0.136 e. The van der Waals surface area contributed by atoms with Crippen LogP contribution >= 0.6 is 22.9 Å². The fraction of sp³-hybridized carbons (Fsp3) is 0.143. The molecule has 3 nitrogen and oxygen atoms in total. The number of hydrogen-bond acceptors (Lipinski definition) is 4. The molecule has 2 aromatic carbocycles. The molecule has 0 radical (unpaired) electrons. The number of rotatable bonds is 5. The molecule has 0 aliphatic rings. The van der Waals surface area contributed by atoms with Gasteiger partial charge in [0.05, 0.1) is 5.69 Å². The summed E-state index contributed by atoms with van der Waals surface area (Å²) in [5, 5.41) is 16.0. The molecule has 1 heterocycles. The lowest BCUT2D eigenvalue weighted by atomic mass is 10.1. The predicted molar refractivity (Wildman–Crippen MR) is 110 cm³/mol. The Hall–Kier alpha value is -2.61. The zero-order valence-electron chi connectivity index (χ0n) is 14.6. The monoisotopic (exact) mass is 379 g/mol. The summed E-state index contributed by atoms with van der Waals surface area (Å²) in [5.74, 6) is 0. The van der Waals surface area contributed by atoms with Gasteiger partial charge < -0.3 is 5.32 Å². The maximum absolute atomic E-state index is 9.51. The first-order chi connectivity index (χ1) is 12.6. The van der Waals surface area contributed by atoms with Gasteiger partial charge in [-0.25, -0.2) is 4.98 Å². The molecule has 1 N–H and O–H groups in total. The van der Waals surface area contributed by atoms with Crippen molar-refractivity contribution in [1.82, 2.24) is 4.98 Å². The van der Waals surface area contributed by atoms with Crippen LogP contribution in [0.2, 0.25) is 5.02 Å². The lowest BCUT2D eigenvalue weighted by molar-refractivity contribution is 1.14. The first kappa shape index (κ1) is 18.2. The van der Waals surface area contributed by atoms with Crippen LogP contribution in [0.1, 0.15) is 23.1 Å². The largest absolute Gasteiger partial charge is 0.360 e. The molecule has 26 heavy (non-hydrogen) atoms. The summed E-state index contributed by atoms with van der Waals surface area (Å²) < 4.78 is 0. The van der Waals surface area contributed by atoms with Crippen molar-refractivity contribution in [3.8, 4) is 17.3 Å². The third-order valence-corrected chi connectivity index (χ3v) is 5.44. The first-order valence-electron chi connectivity index (χ1n) is 8.29. The molecule has 0 unspecified atom stereocenters. The van der Waals surface area contributed by atoms with Crippen LogP contribution in [0, 0.1) is 18.3 Å². The molecule has 0 saturated heterocycles.